The first-order valence-corrected chi connectivity index (χ1v) is 18.0. The SMILES string of the molecule is CN1C(=CC=C2CCC(C=CC3=[N+](C)c4ccc5ccccc5c4C3(C)C)=C2c2c(O)n(C)c(=O)n(C)c2=O)C(C)(C)c2c1ccc1ccccc21. The topological polar surface area (TPSA) is 70.5 Å². The third kappa shape index (κ3) is 4.68. The van der Waals surface area contributed by atoms with Gasteiger partial charge in [0, 0.05) is 55.6 Å². The van der Waals surface area contributed by atoms with Crippen molar-refractivity contribution in [3.63, 3.8) is 0 Å². The third-order valence-electron chi connectivity index (χ3n) is 11.9. The first kappa shape index (κ1) is 33.5. The van der Waals surface area contributed by atoms with Gasteiger partial charge in [0.25, 0.3) is 5.56 Å². The predicted molar refractivity (Wildman–Crippen MR) is 213 cm³/mol. The maximum absolute atomic E-state index is 13.9. The van der Waals surface area contributed by atoms with E-state index < -0.39 is 11.2 Å². The van der Waals surface area contributed by atoms with E-state index in [0.717, 1.165) is 31.7 Å². The molecule has 0 spiro atoms. The van der Waals surface area contributed by atoms with Crippen LogP contribution < -0.4 is 16.1 Å². The van der Waals surface area contributed by atoms with Gasteiger partial charge >= 0.3 is 5.69 Å². The number of nitrogens with zero attached hydrogens (tertiary/aromatic N) is 4. The van der Waals surface area contributed by atoms with Crippen LogP contribution in [-0.2, 0) is 24.9 Å². The molecule has 1 aliphatic carbocycles. The second kappa shape index (κ2) is 11.7. The first-order chi connectivity index (χ1) is 24.7. The summed E-state index contributed by atoms with van der Waals surface area (Å²) in [7, 11) is 7.19. The lowest BCUT2D eigenvalue weighted by molar-refractivity contribution is -0.401. The summed E-state index contributed by atoms with van der Waals surface area (Å²) in [6.07, 6.45) is 9.94. The van der Waals surface area contributed by atoms with E-state index >= 15 is 0 Å². The Hall–Kier alpha value is -5.69. The molecule has 3 aliphatic rings. The number of anilines is 1. The first-order valence-electron chi connectivity index (χ1n) is 18.0. The summed E-state index contributed by atoms with van der Waals surface area (Å²) < 4.78 is 4.49. The molecule has 1 aromatic heterocycles. The van der Waals surface area contributed by atoms with Crippen LogP contribution >= 0.6 is 0 Å². The molecule has 0 fully saturated rings. The van der Waals surface area contributed by atoms with Crippen molar-refractivity contribution in [3.8, 4) is 5.88 Å². The second-order valence-electron chi connectivity index (χ2n) is 15.5. The highest BCUT2D eigenvalue weighted by atomic mass is 16.3. The predicted octanol–water partition coefficient (Wildman–Crippen LogP) is 8.14. The number of aromatic hydroxyl groups is 1. The van der Waals surface area contributed by atoms with Gasteiger partial charge in [-0.15, -0.1) is 0 Å². The van der Waals surface area contributed by atoms with E-state index in [1.807, 2.05) is 0 Å². The lowest BCUT2D eigenvalue weighted by atomic mass is 9.79. The molecular weight excluding hydrogens is 645 g/mol. The van der Waals surface area contributed by atoms with E-state index in [4.69, 9.17) is 0 Å². The Morgan fingerprint density at radius 3 is 2.06 bits per heavy atom. The van der Waals surface area contributed by atoms with E-state index in [-0.39, 0.29) is 22.3 Å². The fourth-order valence-electron chi connectivity index (χ4n) is 9.18. The summed E-state index contributed by atoms with van der Waals surface area (Å²) in [5.41, 5.74) is 8.32. The summed E-state index contributed by atoms with van der Waals surface area (Å²) in [5.74, 6) is -0.323. The van der Waals surface area contributed by atoms with Gasteiger partial charge in [0.2, 0.25) is 11.6 Å². The molecule has 1 N–H and O–H groups in total. The molecule has 7 nitrogen and oxygen atoms in total. The Bertz CT molecular complexity index is 2680. The average Bonchev–Trinajstić information content (AvgIpc) is 3.68. The van der Waals surface area contributed by atoms with Gasteiger partial charge in [-0.25, -0.2) is 4.79 Å². The number of hydrogen-bond acceptors (Lipinski definition) is 4. The van der Waals surface area contributed by atoms with Gasteiger partial charge in [-0.3, -0.25) is 13.9 Å². The summed E-state index contributed by atoms with van der Waals surface area (Å²) >= 11 is 0. The number of allylic oxidation sites excluding steroid dienone is 8. The van der Waals surface area contributed by atoms with E-state index in [1.165, 1.54) is 58.1 Å². The van der Waals surface area contributed by atoms with E-state index in [0.29, 0.717) is 18.4 Å². The van der Waals surface area contributed by atoms with E-state index in [9.17, 15) is 14.7 Å². The monoisotopic (exact) mass is 689 g/mol. The molecule has 2 aliphatic heterocycles. The second-order valence-corrected chi connectivity index (χ2v) is 15.5. The molecular formula is C45H45N4O3+. The summed E-state index contributed by atoms with van der Waals surface area (Å²) in [5, 5.41) is 16.4. The van der Waals surface area contributed by atoms with Gasteiger partial charge in [-0.2, -0.15) is 4.58 Å². The van der Waals surface area contributed by atoms with Crippen molar-refractivity contribution in [2.45, 2.75) is 51.4 Å². The number of likely N-dealkylation sites (N-methyl/N-ethyl adjacent to an activating group) is 1. The van der Waals surface area contributed by atoms with Gasteiger partial charge in [0.05, 0.1) is 5.41 Å². The Balaban J connectivity index is 1.28. The molecule has 3 heterocycles. The van der Waals surface area contributed by atoms with Crippen LogP contribution in [-0.4, -0.2) is 38.6 Å². The lowest BCUT2D eigenvalue weighted by Crippen LogP contribution is -2.38. The van der Waals surface area contributed by atoms with Crippen molar-refractivity contribution in [3.05, 3.63) is 151 Å². The molecule has 7 heteroatoms. The molecule has 262 valence electrons. The van der Waals surface area contributed by atoms with Crippen LogP contribution in [0.4, 0.5) is 11.4 Å². The lowest BCUT2D eigenvalue weighted by Gasteiger charge is -2.24. The van der Waals surface area contributed by atoms with Crippen LogP contribution in [0.1, 0.15) is 57.2 Å². The highest BCUT2D eigenvalue weighted by Gasteiger charge is 2.44. The summed E-state index contributed by atoms with van der Waals surface area (Å²) in [4.78, 5) is 29.0. The van der Waals surface area contributed by atoms with Crippen LogP contribution in [0.2, 0.25) is 0 Å². The van der Waals surface area contributed by atoms with Gasteiger partial charge in [0.1, 0.15) is 12.6 Å². The van der Waals surface area contributed by atoms with Gasteiger partial charge in [-0.05, 0) is 88.7 Å². The van der Waals surface area contributed by atoms with Crippen molar-refractivity contribution in [2.24, 2.45) is 14.1 Å². The van der Waals surface area contributed by atoms with E-state index in [2.05, 4.69) is 148 Å². The highest BCUT2D eigenvalue weighted by Crippen LogP contribution is 2.51. The number of aromatic nitrogens is 2. The molecule has 5 aromatic rings. The summed E-state index contributed by atoms with van der Waals surface area (Å²) in [6.45, 7) is 9.05. The minimum absolute atomic E-state index is 0.151. The molecule has 8 rings (SSSR count). The van der Waals surface area contributed by atoms with Crippen molar-refractivity contribution >= 4 is 44.2 Å². The molecule has 52 heavy (non-hydrogen) atoms. The zero-order chi connectivity index (χ0) is 36.9. The van der Waals surface area contributed by atoms with Gasteiger partial charge in [0.15, 0.2) is 5.71 Å². The molecule has 0 radical (unpaired) electrons. The van der Waals surface area contributed by atoms with Crippen LogP contribution in [0.25, 0.3) is 27.1 Å². The minimum Gasteiger partial charge on any atom is -0.494 e. The van der Waals surface area contributed by atoms with Crippen molar-refractivity contribution in [2.75, 3.05) is 19.0 Å². The van der Waals surface area contributed by atoms with Gasteiger partial charge < -0.3 is 10.0 Å². The maximum Gasteiger partial charge on any atom is 0.333 e. The zero-order valence-electron chi connectivity index (χ0n) is 31.2. The van der Waals surface area contributed by atoms with Crippen molar-refractivity contribution < 1.29 is 9.68 Å². The third-order valence-corrected chi connectivity index (χ3v) is 11.9. The van der Waals surface area contributed by atoms with Crippen LogP contribution in [0.3, 0.4) is 0 Å². The Morgan fingerprint density at radius 1 is 0.731 bits per heavy atom. The Morgan fingerprint density at radius 2 is 1.37 bits per heavy atom. The molecule has 0 atom stereocenters. The Kier molecular flexibility index (Phi) is 7.51. The largest absolute Gasteiger partial charge is 0.494 e. The fraction of sp³-hybridized carbons (Fsp3) is 0.267. The molecule has 0 unspecified atom stereocenters. The number of hydrogen-bond donors (Lipinski definition) is 1. The highest BCUT2D eigenvalue weighted by molar-refractivity contribution is 6.08. The van der Waals surface area contributed by atoms with E-state index in [1.54, 1.807) is 0 Å². The molecule has 0 saturated carbocycles. The number of rotatable bonds is 4. The quantitative estimate of drug-likeness (QED) is 0.194. The fourth-order valence-corrected chi connectivity index (χ4v) is 9.18. The average molecular weight is 690 g/mol. The molecule has 0 bridgehead atoms. The zero-order valence-corrected chi connectivity index (χ0v) is 31.2. The minimum atomic E-state index is -0.566. The number of fused-ring (bicyclic) bond motifs is 6. The van der Waals surface area contributed by atoms with Crippen molar-refractivity contribution in [1.29, 1.82) is 0 Å². The van der Waals surface area contributed by atoms with Gasteiger partial charge in [-0.1, -0.05) is 80.6 Å². The maximum atomic E-state index is 13.9. The smallest absolute Gasteiger partial charge is 0.333 e. The molecule has 0 saturated heterocycles. The summed E-state index contributed by atoms with van der Waals surface area (Å²) in [6, 6.07) is 25.8. The van der Waals surface area contributed by atoms with Crippen LogP contribution in [0, 0.1) is 0 Å². The molecule has 0 amide bonds. The standard InChI is InChI=1S/C45H44N4O3/c1-44(2)35(46(5)33-23-19-27-13-9-11-15-31(27)39(33)44)25-21-29-17-18-30(37(29)38-41(50)48(7)43(52)49(8)42(38)51)22-26-36-45(3,4)40-32-16-12-10-14-28(32)20-24-34(40)47(36)6/h9-16,19-26H,17-18H2,1-8H3/p+1. The van der Waals surface area contributed by atoms with Crippen LogP contribution in [0.15, 0.2) is 124 Å². The van der Waals surface area contributed by atoms with Crippen molar-refractivity contribution in [1.82, 2.24) is 9.13 Å². The number of benzene rings is 4. The molecule has 4 aromatic carbocycles. The Labute approximate surface area is 304 Å². The normalized spacial score (nSPS) is 19.3. The van der Waals surface area contributed by atoms with Crippen LogP contribution in [0.5, 0.6) is 5.88 Å².